The van der Waals surface area contributed by atoms with Crippen LogP contribution < -0.4 is 5.73 Å². The van der Waals surface area contributed by atoms with E-state index in [0.29, 0.717) is 0 Å². The van der Waals surface area contributed by atoms with E-state index in [-0.39, 0.29) is 6.04 Å². The summed E-state index contributed by atoms with van der Waals surface area (Å²) >= 11 is 13.2. The second kappa shape index (κ2) is 5.35. The van der Waals surface area contributed by atoms with Gasteiger partial charge in [-0.25, -0.2) is 0 Å². The van der Waals surface area contributed by atoms with Crippen LogP contribution in [-0.4, -0.2) is 0 Å². The fraction of sp³-hybridized carbons (Fsp3) is 0.0909. The Bertz CT molecular complexity index is 495. The third kappa shape index (κ3) is 2.79. The fourth-order valence-electron chi connectivity index (χ4n) is 1.38. The predicted octanol–water partition coefficient (Wildman–Crippen LogP) is 4.82. The molecule has 0 spiro atoms. The third-order valence-corrected chi connectivity index (χ3v) is 5.41. The monoisotopic (exact) mass is 427 g/mol. The van der Waals surface area contributed by atoms with Crippen molar-refractivity contribution in [3.8, 4) is 0 Å². The molecule has 1 nitrogen and oxygen atoms in total. The van der Waals surface area contributed by atoms with Crippen molar-refractivity contribution < 1.29 is 0 Å². The maximum absolute atomic E-state index is 6.20. The molecule has 0 bridgehead atoms. The highest BCUT2D eigenvalue weighted by Gasteiger charge is 2.13. The van der Waals surface area contributed by atoms with Crippen molar-refractivity contribution >= 4 is 61.5 Å². The Hall–Kier alpha value is 0.380. The van der Waals surface area contributed by atoms with E-state index in [1.807, 2.05) is 24.3 Å². The predicted molar refractivity (Wildman–Crippen MR) is 82.2 cm³/mol. The first kappa shape index (κ1) is 12.8. The SMILES string of the molecule is NC(c1cccc(I)c1)c1cc(Br)c(Cl)s1. The lowest BCUT2D eigenvalue weighted by molar-refractivity contribution is 0.892. The zero-order chi connectivity index (χ0) is 11.7. The van der Waals surface area contributed by atoms with Crippen molar-refractivity contribution in [3.05, 3.63) is 53.2 Å². The lowest BCUT2D eigenvalue weighted by Crippen LogP contribution is -2.10. The van der Waals surface area contributed by atoms with Crippen molar-refractivity contribution in [2.75, 3.05) is 0 Å². The summed E-state index contributed by atoms with van der Waals surface area (Å²) in [5.41, 5.74) is 7.30. The van der Waals surface area contributed by atoms with Crippen LogP contribution in [0.5, 0.6) is 0 Å². The number of hydrogen-bond donors (Lipinski definition) is 1. The molecular formula is C11H8BrClINS. The molecule has 5 heteroatoms. The maximum Gasteiger partial charge on any atom is 0.107 e. The Labute approximate surface area is 125 Å². The molecule has 1 aromatic carbocycles. The number of nitrogens with two attached hydrogens (primary N) is 1. The molecule has 2 N–H and O–H groups in total. The minimum absolute atomic E-state index is 0.108. The van der Waals surface area contributed by atoms with Crippen LogP contribution in [0.1, 0.15) is 16.5 Å². The molecule has 0 aliphatic rings. The Morgan fingerprint density at radius 2 is 2.12 bits per heavy atom. The Morgan fingerprint density at radius 3 is 2.69 bits per heavy atom. The first-order valence-electron chi connectivity index (χ1n) is 4.53. The van der Waals surface area contributed by atoms with Crippen LogP contribution in [0, 0.1) is 3.57 Å². The van der Waals surface area contributed by atoms with Crippen molar-refractivity contribution in [1.29, 1.82) is 0 Å². The fourth-order valence-corrected chi connectivity index (χ4v) is 3.71. The second-order valence-corrected chi connectivity index (χ2v) is 7.09. The normalized spacial score (nSPS) is 12.8. The number of benzene rings is 1. The minimum Gasteiger partial charge on any atom is -0.320 e. The molecule has 0 saturated heterocycles. The summed E-state index contributed by atoms with van der Waals surface area (Å²) in [5, 5.41) is 0. The van der Waals surface area contributed by atoms with E-state index in [4.69, 9.17) is 17.3 Å². The van der Waals surface area contributed by atoms with Gasteiger partial charge in [-0.2, -0.15) is 0 Å². The molecule has 1 heterocycles. The zero-order valence-electron chi connectivity index (χ0n) is 8.08. The Morgan fingerprint density at radius 1 is 1.38 bits per heavy atom. The molecule has 2 rings (SSSR count). The number of thiophene rings is 1. The summed E-state index contributed by atoms with van der Waals surface area (Å²) in [6, 6.07) is 10.1. The highest BCUT2D eigenvalue weighted by molar-refractivity contribution is 14.1. The molecule has 16 heavy (non-hydrogen) atoms. The molecule has 0 amide bonds. The average molecular weight is 429 g/mol. The molecule has 0 aliphatic heterocycles. The van der Waals surface area contributed by atoms with Crippen LogP contribution in [0.2, 0.25) is 4.34 Å². The Balaban J connectivity index is 2.35. The van der Waals surface area contributed by atoms with Gasteiger partial charge in [0.15, 0.2) is 0 Å². The summed E-state index contributed by atoms with van der Waals surface area (Å²) in [4.78, 5) is 1.07. The largest absolute Gasteiger partial charge is 0.320 e. The van der Waals surface area contributed by atoms with Gasteiger partial charge < -0.3 is 5.73 Å². The van der Waals surface area contributed by atoms with Gasteiger partial charge in [-0.15, -0.1) is 11.3 Å². The lowest BCUT2D eigenvalue weighted by Gasteiger charge is -2.09. The van der Waals surface area contributed by atoms with Crippen LogP contribution in [0.4, 0.5) is 0 Å². The highest BCUT2D eigenvalue weighted by Crippen LogP contribution is 2.36. The molecule has 1 atom stereocenters. The summed E-state index contributed by atoms with van der Waals surface area (Å²) in [7, 11) is 0. The standard InChI is InChI=1S/C11H8BrClINS/c12-8-5-9(16-11(8)13)10(15)6-2-1-3-7(14)4-6/h1-5,10H,15H2. The van der Waals surface area contributed by atoms with E-state index in [1.54, 1.807) is 0 Å². The van der Waals surface area contributed by atoms with Crippen LogP contribution in [0.15, 0.2) is 34.8 Å². The molecule has 0 fully saturated rings. The summed E-state index contributed by atoms with van der Waals surface area (Å²) in [5.74, 6) is 0. The number of halogens is 3. The van der Waals surface area contributed by atoms with Gasteiger partial charge in [0.25, 0.3) is 0 Å². The maximum atomic E-state index is 6.20. The molecule has 84 valence electrons. The Kier molecular flexibility index (Phi) is 4.29. The van der Waals surface area contributed by atoms with Crippen LogP contribution in [0.25, 0.3) is 0 Å². The van der Waals surface area contributed by atoms with E-state index in [2.05, 4.69) is 44.6 Å². The summed E-state index contributed by atoms with van der Waals surface area (Å²) < 4.78 is 2.85. The van der Waals surface area contributed by atoms with E-state index in [1.165, 1.54) is 14.9 Å². The van der Waals surface area contributed by atoms with Gasteiger partial charge in [0.05, 0.1) is 6.04 Å². The van der Waals surface area contributed by atoms with E-state index in [0.717, 1.165) is 19.2 Å². The van der Waals surface area contributed by atoms with E-state index < -0.39 is 0 Å². The van der Waals surface area contributed by atoms with Gasteiger partial charge in [-0.05, 0) is 62.3 Å². The van der Waals surface area contributed by atoms with Gasteiger partial charge in [-0.3, -0.25) is 0 Å². The highest BCUT2D eigenvalue weighted by atomic mass is 127. The van der Waals surface area contributed by atoms with Crippen molar-refractivity contribution in [3.63, 3.8) is 0 Å². The molecule has 0 saturated carbocycles. The quantitative estimate of drug-likeness (QED) is 0.682. The number of rotatable bonds is 2. The van der Waals surface area contributed by atoms with Crippen LogP contribution >= 0.6 is 61.5 Å². The number of hydrogen-bond acceptors (Lipinski definition) is 2. The van der Waals surface area contributed by atoms with E-state index in [9.17, 15) is 0 Å². The summed E-state index contributed by atoms with van der Waals surface area (Å²) in [6.07, 6.45) is 0. The second-order valence-electron chi connectivity index (χ2n) is 3.30. The zero-order valence-corrected chi connectivity index (χ0v) is 13.4. The third-order valence-electron chi connectivity index (χ3n) is 2.18. The first-order chi connectivity index (χ1) is 7.58. The van der Waals surface area contributed by atoms with Gasteiger partial charge in [-0.1, -0.05) is 23.7 Å². The first-order valence-corrected chi connectivity index (χ1v) is 7.60. The smallest absolute Gasteiger partial charge is 0.107 e. The molecule has 0 aliphatic carbocycles. The van der Waals surface area contributed by atoms with Gasteiger partial charge in [0, 0.05) is 12.9 Å². The van der Waals surface area contributed by atoms with Crippen LogP contribution in [0.3, 0.4) is 0 Å². The van der Waals surface area contributed by atoms with Gasteiger partial charge in [0.2, 0.25) is 0 Å². The van der Waals surface area contributed by atoms with Gasteiger partial charge in [0.1, 0.15) is 4.34 Å². The van der Waals surface area contributed by atoms with Crippen molar-refractivity contribution in [1.82, 2.24) is 0 Å². The van der Waals surface area contributed by atoms with Crippen molar-refractivity contribution in [2.24, 2.45) is 5.73 Å². The summed E-state index contributed by atoms with van der Waals surface area (Å²) in [6.45, 7) is 0. The van der Waals surface area contributed by atoms with Crippen LogP contribution in [-0.2, 0) is 0 Å². The van der Waals surface area contributed by atoms with E-state index >= 15 is 0 Å². The molecule has 1 aromatic heterocycles. The molecular weight excluding hydrogens is 420 g/mol. The topological polar surface area (TPSA) is 26.0 Å². The molecule has 1 unspecified atom stereocenters. The molecule has 0 radical (unpaired) electrons. The minimum atomic E-state index is -0.108. The van der Waals surface area contributed by atoms with Crippen molar-refractivity contribution in [2.45, 2.75) is 6.04 Å². The average Bonchev–Trinajstić information content (AvgIpc) is 2.58. The lowest BCUT2D eigenvalue weighted by atomic mass is 10.1. The molecule has 2 aromatic rings. The van der Waals surface area contributed by atoms with Gasteiger partial charge >= 0.3 is 0 Å².